The lowest BCUT2D eigenvalue weighted by atomic mass is 10.1. The Morgan fingerprint density at radius 3 is 2.24 bits per heavy atom. The number of carbonyl (C=O) groups excluding carboxylic acids is 2. The van der Waals surface area contributed by atoms with Gasteiger partial charge in [0.05, 0.1) is 15.5 Å². The van der Waals surface area contributed by atoms with Crippen molar-refractivity contribution in [2.75, 3.05) is 10.8 Å². The van der Waals surface area contributed by atoms with Gasteiger partial charge in [0.2, 0.25) is 11.8 Å². The molecule has 1 N–H and O–H groups in total. The Bertz CT molecular complexity index is 1560. The van der Waals surface area contributed by atoms with Crippen molar-refractivity contribution >= 4 is 56.4 Å². The van der Waals surface area contributed by atoms with Gasteiger partial charge >= 0.3 is 0 Å². The Balaban J connectivity index is 2.13. The number of nitro groups is 1. The van der Waals surface area contributed by atoms with E-state index in [0.717, 1.165) is 10.4 Å². The van der Waals surface area contributed by atoms with Crippen LogP contribution in [0.4, 0.5) is 11.4 Å². The molecule has 224 valence electrons. The summed E-state index contributed by atoms with van der Waals surface area (Å²) in [5, 5.41) is 15.0. The van der Waals surface area contributed by atoms with Crippen molar-refractivity contribution in [1.29, 1.82) is 0 Å². The molecule has 10 nitrogen and oxygen atoms in total. The van der Waals surface area contributed by atoms with Crippen molar-refractivity contribution in [3.8, 4) is 0 Å². The maximum absolute atomic E-state index is 14.1. The molecular weight excluding hydrogens is 603 g/mol. The molecule has 0 aliphatic rings. The number of nitrogens with one attached hydrogen (secondary N) is 1. The van der Waals surface area contributed by atoms with Gasteiger partial charge in [-0.25, -0.2) is 8.42 Å². The van der Waals surface area contributed by atoms with E-state index in [-0.39, 0.29) is 34.3 Å². The van der Waals surface area contributed by atoms with Crippen molar-refractivity contribution in [3.63, 3.8) is 0 Å². The number of amides is 2. The van der Waals surface area contributed by atoms with Gasteiger partial charge in [-0.05, 0) is 63.1 Å². The molecule has 0 unspecified atom stereocenters. The first-order valence-corrected chi connectivity index (χ1v) is 15.2. The van der Waals surface area contributed by atoms with E-state index in [9.17, 15) is 28.1 Å². The molecule has 3 aromatic carbocycles. The van der Waals surface area contributed by atoms with Gasteiger partial charge in [-0.15, -0.1) is 0 Å². The zero-order chi connectivity index (χ0) is 31.2. The molecule has 0 saturated heterocycles. The summed E-state index contributed by atoms with van der Waals surface area (Å²) in [7, 11) is -4.37. The summed E-state index contributed by atoms with van der Waals surface area (Å²) in [6.07, 6.45) is 0.209. The van der Waals surface area contributed by atoms with Crippen LogP contribution in [-0.2, 0) is 26.2 Å². The fourth-order valence-corrected chi connectivity index (χ4v) is 6.11. The van der Waals surface area contributed by atoms with Gasteiger partial charge in [0.25, 0.3) is 15.7 Å². The summed E-state index contributed by atoms with van der Waals surface area (Å²) in [6.45, 7) is 6.26. The summed E-state index contributed by atoms with van der Waals surface area (Å²) in [4.78, 5) is 39.5. The first kappa shape index (κ1) is 32.8. The van der Waals surface area contributed by atoms with Crippen molar-refractivity contribution < 1.29 is 22.9 Å². The van der Waals surface area contributed by atoms with Crippen LogP contribution in [0.15, 0.2) is 77.7 Å². The van der Waals surface area contributed by atoms with E-state index in [4.69, 9.17) is 23.2 Å². The maximum atomic E-state index is 14.1. The largest absolute Gasteiger partial charge is 0.350 e. The number of sulfonamides is 1. The molecule has 3 rings (SSSR count). The third-order valence-electron chi connectivity index (χ3n) is 6.18. The van der Waals surface area contributed by atoms with Crippen LogP contribution in [0.25, 0.3) is 0 Å². The number of nitrogens with zero attached hydrogens (tertiary/aromatic N) is 3. The Hall–Kier alpha value is -3.67. The average Bonchev–Trinajstić information content (AvgIpc) is 2.92. The minimum absolute atomic E-state index is 0.0851. The third kappa shape index (κ3) is 8.21. The zero-order valence-electron chi connectivity index (χ0n) is 23.6. The second kappa shape index (κ2) is 13.5. The minimum Gasteiger partial charge on any atom is -0.350 e. The van der Waals surface area contributed by atoms with Gasteiger partial charge in [-0.2, -0.15) is 0 Å². The van der Waals surface area contributed by atoms with E-state index in [1.807, 2.05) is 0 Å². The number of benzene rings is 3. The van der Waals surface area contributed by atoms with Crippen LogP contribution < -0.4 is 9.62 Å². The molecule has 0 spiro atoms. The van der Waals surface area contributed by atoms with E-state index < -0.39 is 44.9 Å². The van der Waals surface area contributed by atoms with E-state index in [1.54, 1.807) is 45.9 Å². The first-order chi connectivity index (χ1) is 19.6. The molecule has 1 atom stereocenters. The summed E-state index contributed by atoms with van der Waals surface area (Å²) < 4.78 is 28.5. The Morgan fingerprint density at radius 1 is 1.00 bits per heavy atom. The molecule has 0 heterocycles. The highest BCUT2D eigenvalue weighted by molar-refractivity contribution is 7.92. The van der Waals surface area contributed by atoms with Crippen molar-refractivity contribution in [2.24, 2.45) is 0 Å². The van der Waals surface area contributed by atoms with Gasteiger partial charge in [0.15, 0.2) is 0 Å². The molecule has 0 saturated carbocycles. The van der Waals surface area contributed by atoms with Crippen LogP contribution in [0, 0.1) is 10.1 Å². The van der Waals surface area contributed by atoms with Gasteiger partial charge in [0.1, 0.15) is 12.6 Å². The highest BCUT2D eigenvalue weighted by Gasteiger charge is 2.35. The molecular formula is C29H32Cl2N4O6S. The second-order valence-electron chi connectivity index (χ2n) is 10.5. The first-order valence-electron chi connectivity index (χ1n) is 13.0. The van der Waals surface area contributed by atoms with Crippen molar-refractivity contribution in [3.05, 3.63) is 98.5 Å². The molecule has 0 radical (unpaired) electrons. The molecule has 0 aromatic heterocycles. The number of rotatable bonds is 11. The van der Waals surface area contributed by atoms with Gasteiger partial charge < -0.3 is 10.2 Å². The highest BCUT2D eigenvalue weighted by Crippen LogP contribution is 2.29. The topological polar surface area (TPSA) is 130 Å². The lowest BCUT2D eigenvalue weighted by Gasteiger charge is -2.35. The van der Waals surface area contributed by atoms with Crippen LogP contribution in [0.5, 0.6) is 0 Å². The predicted octanol–water partition coefficient (Wildman–Crippen LogP) is 5.82. The van der Waals surface area contributed by atoms with E-state index in [2.05, 4.69) is 5.32 Å². The fraction of sp³-hybridized carbons (Fsp3) is 0.310. The van der Waals surface area contributed by atoms with Crippen molar-refractivity contribution in [2.45, 2.75) is 57.1 Å². The van der Waals surface area contributed by atoms with Crippen LogP contribution in [0.1, 0.15) is 39.7 Å². The molecule has 3 aromatic rings. The normalized spacial score (nSPS) is 12.3. The van der Waals surface area contributed by atoms with Gasteiger partial charge in [0, 0.05) is 34.3 Å². The van der Waals surface area contributed by atoms with E-state index >= 15 is 0 Å². The van der Waals surface area contributed by atoms with Crippen LogP contribution in [0.3, 0.4) is 0 Å². The summed E-state index contributed by atoms with van der Waals surface area (Å²) in [5.74, 6) is -1.15. The Kier molecular flexibility index (Phi) is 10.6. The summed E-state index contributed by atoms with van der Waals surface area (Å²) in [6, 6.07) is 16.2. The average molecular weight is 636 g/mol. The SMILES string of the molecule is CC[C@@H](C(=O)NC(C)(C)C)N(Cc1ccc(Cl)cc1Cl)C(=O)CN(c1cccc([N+](=O)[O-])c1)S(=O)(=O)c1ccccc1. The van der Waals surface area contributed by atoms with E-state index in [0.29, 0.717) is 10.6 Å². The molecule has 13 heteroatoms. The number of nitro benzene ring substituents is 1. The Morgan fingerprint density at radius 2 is 1.67 bits per heavy atom. The second-order valence-corrected chi connectivity index (χ2v) is 13.2. The molecule has 0 aliphatic carbocycles. The zero-order valence-corrected chi connectivity index (χ0v) is 25.9. The predicted molar refractivity (Wildman–Crippen MR) is 163 cm³/mol. The van der Waals surface area contributed by atoms with Crippen LogP contribution in [0.2, 0.25) is 10.0 Å². The number of halogens is 2. The standard InChI is InChI=1S/C29H32Cl2N4O6S/c1-5-26(28(37)32-29(2,3)4)33(18-20-14-15-21(30)16-25(20)31)27(36)19-34(22-10-9-11-23(17-22)35(38)39)42(40,41)24-12-7-6-8-13-24/h6-17,26H,5,18-19H2,1-4H3,(H,32,37)/t26-/m0/s1. The number of carbonyl (C=O) groups is 2. The quantitative estimate of drug-likeness (QED) is 0.209. The third-order valence-corrected chi connectivity index (χ3v) is 8.55. The minimum atomic E-state index is -4.37. The molecule has 2 amide bonds. The lowest BCUT2D eigenvalue weighted by molar-refractivity contribution is -0.384. The lowest BCUT2D eigenvalue weighted by Crippen LogP contribution is -2.55. The summed E-state index contributed by atoms with van der Waals surface area (Å²) >= 11 is 12.5. The fourth-order valence-electron chi connectivity index (χ4n) is 4.22. The number of hydrogen-bond acceptors (Lipinski definition) is 6. The van der Waals surface area contributed by atoms with Crippen LogP contribution in [-0.4, -0.2) is 48.2 Å². The number of hydrogen-bond donors (Lipinski definition) is 1. The van der Waals surface area contributed by atoms with Crippen molar-refractivity contribution in [1.82, 2.24) is 10.2 Å². The molecule has 0 aliphatic heterocycles. The summed E-state index contributed by atoms with van der Waals surface area (Å²) in [5.41, 5.74) is -0.556. The number of anilines is 1. The molecule has 0 fully saturated rings. The number of non-ortho nitro benzene ring substituents is 1. The van der Waals surface area contributed by atoms with E-state index in [1.165, 1.54) is 53.4 Å². The van der Waals surface area contributed by atoms with Crippen LogP contribution >= 0.6 is 23.2 Å². The molecule has 42 heavy (non-hydrogen) atoms. The molecule has 0 bridgehead atoms. The smallest absolute Gasteiger partial charge is 0.271 e. The van der Waals surface area contributed by atoms with Gasteiger partial charge in [-0.3, -0.25) is 24.0 Å². The Labute approximate surface area is 255 Å². The van der Waals surface area contributed by atoms with Gasteiger partial charge in [-0.1, -0.05) is 60.5 Å². The maximum Gasteiger partial charge on any atom is 0.271 e. The monoisotopic (exact) mass is 634 g/mol. The highest BCUT2D eigenvalue weighted by atomic mass is 35.5.